The zero-order valence-electron chi connectivity index (χ0n) is 7.05. The Morgan fingerprint density at radius 3 is 2.50 bits per heavy atom. The molecule has 0 heterocycles. The molecular formula is C9H8ClF3O. The third-order valence-electron chi connectivity index (χ3n) is 1.74. The highest BCUT2D eigenvalue weighted by molar-refractivity contribution is 6.18. The number of aliphatic hydroxyl groups is 1. The molecule has 1 atom stereocenters. The molecular weight excluding hydrogens is 217 g/mol. The standard InChI is InChI=1S/C9H8ClF3O/c10-5-8(14)6-2-1-3-7(4-6)9(11,12)13/h1-4,8,14H,5H2/t8-/m0/s1. The summed E-state index contributed by atoms with van der Waals surface area (Å²) in [5.41, 5.74) is -0.603. The first-order chi connectivity index (χ1) is 6.45. The fraction of sp³-hybridized carbons (Fsp3) is 0.333. The minimum absolute atomic E-state index is 0.124. The summed E-state index contributed by atoms with van der Waals surface area (Å²) < 4.78 is 36.7. The predicted molar refractivity (Wildman–Crippen MR) is 47.1 cm³/mol. The van der Waals surface area contributed by atoms with Crippen LogP contribution in [-0.4, -0.2) is 11.0 Å². The Morgan fingerprint density at radius 1 is 1.36 bits per heavy atom. The minimum Gasteiger partial charge on any atom is -0.387 e. The van der Waals surface area contributed by atoms with E-state index in [0.717, 1.165) is 12.1 Å². The van der Waals surface area contributed by atoms with E-state index in [1.54, 1.807) is 0 Å². The van der Waals surface area contributed by atoms with Crippen LogP contribution in [0, 0.1) is 0 Å². The van der Waals surface area contributed by atoms with Crippen LogP contribution in [0.3, 0.4) is 0 Å². The molecule has 5 heteroatoms. The van der Waals surface area contributed by atoms with Crippen LogP contribution in [0.2, 0.25) is 0 Å². The van der Waals surface area contributed by atoms with Gasteiger partial charge < -0.3 is 5.11 Å². The molecule has 0 aliphatic carbocycles. The molecule has 0 amide bonds. The average Bonchev–Trinajstić information content (AvgIpc) is 2.15. The van der Waals surface area contributed by atoms with E-state index >= 15 is 0 Å². The molecule has 0 fully saturated rings. The zero-order chi connectivity index (χ0) is 10.8. The molecule has 0 spiro atoms. The molecule has 1 N–H and O–H groups in total. The topological polar surface area (TPSA) is 20.2 Å². The lowest BCUT2D eigenvalue weighted by molar-refractivity contribution is -0.137. The zero-order valence-corrected chi connectivity index (χ0v) is 7.81. The Kier molecular flexibility index (Phi) is 3.39. The van der Waals surface area contributed by atoms with Crippen molar-refractivity contribution in [1.82, 2.24) is 0 Å². The minimum atomic E-state index is -4.39. The van der Waals surface area contributed by atoms with Gasteiger partial charge in [-0.2, -0.15) is 13.2 Å². The van der Waals surface area contributed by atoms with Crippen molar-refractivity contribution in [2.75, 3.05) is 5.88 Å². The molecule has 0 saturated carbocycles. The van der Waals surface area contributed by atoms with Crippen molar-refractivity contribution in [3.05, 3.63) is 35.4 Å². The predicted octanol–water partition coefficient (Wildman–Crippen LogP) is 2.98. The summed E-state index contributed by atoms with van der Waals surface area (Å²) in [4.78, 5) is 0. The second-order valence-corrected chi connectivity index (χ2v) is 3.10. The third-order valence-corrected chi connectivity index (χ3v) is 2.04. The van der Waals surface area contributed by atoms with Gasteiger partial charge in [0.25, 0.3) is 0 Å². The number of aliphatic hydroxyl groups excluding tert-OH is 1. The van der Waals surface area contributed by atoms with Crippen molar-refractivity contribution in [1.29, 1.82) is 0 Å². The van der Waals surface area contributed by atoms with Gasteiger partial charge in [0.15, 0.2) is 0 Å². The van der Waals surface area contributed by atoms with Crippen molar-refractivity contribution in [3.8, 4) is 0 Å². The molecule has 0 bridgehead atoms. The molecule has 0 unspecified atom stereocenters. The van der Waals surface area contributed by atoms with Gasteiger partial charge in [-0.25, -0.2) is 0 Å². The second-order valence-electron chi connectivity index (χ2n) is 2.79. The van der Waals surface area contributed by atoms with Crippen LogP contribution >= 0.6 is 11.6 Å². The van der Waals surface area contributed by atoms with Gasteiger partial charge in [-0.3, -0.25) is 0 Å². The quantitative estimate of drug-likeness (QED) is 0.766. The number of rotatable bonds is 2. The van der Waals surface area contributed by atoms with Gasteiger partial charge in [-0.05, 0) is 17.7 Å². The molecule has 0 saturated heterocycles. The van der Waals surface area contributed by atoms with Crippen LogP contribution in [0.4, 0.5) is 13.2 Å². The Balaban J connectivity index is 3.01. The first-order valence-corrected chi connectivity index (χ1v) is 4.40. The summed E-state index contributed by atoms with van der Waals surface area (Å²) in [6.07, 6.45) is -5.44. The number of hydrogen-bond acceptors (Lipinski definition) is 1. The van der Waals surface area contributed by atoms with E-state index in [2.05, 4.69) is 0 Å². The molecule has 0 aliphatic heterocycles. The highest BCUT2D eigenvalue weighted by Crippen LogP contribution is 2.30. The van der Waals surface area contributed by atoms with E-state index in [4.69, 9.17) is 11.6 Å². The summed E-state index contributed by atoms with van der Waals surface area (Å²) in [7, 11) is 0. The summed E-state index contributed by atoms with van der Waals surface area (Å²) in [6, 6.07) is 4.49. The van der Waals surface area contributed by atoms with E-state index in [1.807, 2.05) is 0 Å². The van der Waals surface area contributed by atoms with Gasteiger partial charge in [0.05, 0.1) is 17.5 Å². The summed E-state index contributed by atoms with van der Waals surface area (Å²) in [5, 5.41) is 9.22. The fourth-order valence-corrected chi connectivity index (χ4v) is 1.19. The van der Waals surface area contributed by atoms with Crippen LogP contribution < -0.4 is 0 Å². The van der Waals surface area contributed by atoms with Crippen molar-refractivity contribution < 1.29 is 18.3 Å². The van der Waals surface area contributed by atoms with E-state index in [0.29, 0.717) is 0 Å². The van der Waals surface area contributed by atoms with E-state index < -0.39 is 17.8 Å². The average molecular weight is 225 g/mol. The largest absolute Gasteiger partial charge is 0.416 e. The molecule has 0 aliphatic rings. The van der Waals surface area contributed by atoms with Crippen LogP contribution in [0.5, 0.6) is 0 Å². The Bertz CT molecular complexity index is 311. The molecule has 78 valence electrons. The van der Waals surface area contributed by atoms with Crippen LogP contribution in [-0.2, 0) is 6.18 Å². The highest BCUT2D eigenvalue weighted by Gasteiger charge is 2.30. The van der Waals surface area contributed by atoms with Gasteiger partial charge in [0, 0.05) is 0 Å². The SMILES string of the molecule is O[C@@H](CCl)c1cccc(C(F)(F)F)c1. The summed E-state index contributed by atoms with van der Waals surface area (Å²) in [5.74, 6) is -0.124. The van der Waals surface area contributed by atoms with E-state index in [1.165, 1.54) is 12.1 Å². The number of benzene rings is 1. The lowest BCUT2D eigenvalue weighted by Gasteiger charge is -2.11. The maximum Gasteiger partial charge on any atom is 0.416 e. The number of hydrogen-bond donors (Lipinski definition) is 1. The fourth-order valence-electron chi connectivity index (χ4n) is 1.01. The lowest BCUT2D eigenvalue weighted by atomic mass is 10.1. The molecule has 1 aromatic rings. The maximum atomic E-state index is 12.2. The summed E-state index contributed by atoms with van der Waals surface area (Å²) in [6.45, 7) is 0. The lowest BCUT2D eigenvalue weighted by Crippen LogP contribution is -2.07. The highest BCUT2D eigenvalue weighted by atomic mass is 35.5. The third kappa shape index (κ3) is 2.62. The van der Waals surface area contributed by atoms with Gasteiger partial charge in [0.1, 0.15) is 0 Å². The van der Waals surface area contributed by atoms with Gasteiger partial charge in [-0.1, -0.05) is 12.1 Å². The molecule has 0 radical (unpaired) electrons. The van der Waals surface area contributed by atoms with Gasteiger partial charge in [0.2, 0.25) is 0 Å². The Hall–Kier alpha value is -0.740. The normalized spacial score (nSPS) is 14.1. The van der Waals surface area contributed by atoms with Crippen molar-refractivity contribution in [3.63, 3.8) is 0 Å². The van der Waals surface area contributed by atoms with Crippen molar-refractivity contribution in [2.24, 2.45) is 0 Å². The van der Waals surface area contributed by atoms with Gasteiger partial charge in [-0.15, -0.1) is 11.6 Å². The Morgan fingerprint density at radius 2 is 2.00 bits per heavy atom. The maximum absolute atomic E-state index is 12.2. The Labute approximate surface area is 84.1 Å². The molecule has 1 nitrogen and oxygen atoms in total. The molecule has 14 heavy (non-hydrogen) atoms. The van der Waals surface area contributed by atoms with E-state index in [-0.39, 0.29) is 11.4 Å². The molecule has 0 aromatic heterocycles. The molecule has 1 aromatic carbocycles. The van der Waals surface area contributed by atoms with Crippen molar-refractivity contribution in [2.45, 2.75) is 12.3 Å². The van der Waals surface area contributed by atoms with E-state index in [9.17, 15) is 18.3 Å². The second kappa shape index (κ2) is 4.19. The molecule has 1 rings (SSSR count). The van der Waals surface area contributed by atoms with Crippen molar-refractivity contribution >= 4 is 11.6 Å². The first-order valence-electron chi connectivity index (χ1n) is 3.86. The van der Waals surface area contributed by atoms with Gasteiger partial charge >= 0.3 is 6.18 Å². The van der Waals surface area contributed by atoms with Crippen LogP contribution in [0.1, 0.15) is 17.2 Å². The smallest absolute Gasteiger partial charge is 0.387 e. The number of alkyl halides is 4. The van der Waals surface area contributed by atoms with Crippen LogP contribution in [0.25, 0.3) is 0 Å². The van der Waals surface area contributed by atoms with Crippen LogP contribution in [0.15, 0.2) is 24.3 Å². The first kappa shape index (κ1) is 11.3. The number of halogens is 4. The monoisotopic (exact) mass is 224 g/mol. The summed E-state index contributed by atoms with van der Waals surface area (Å²) >= 11 is 5.32.